The molecule has 2 aromatic rings. The monoisotopic (exact) mass is 282 g/mol. The molecule has 0 saturated heterocycles. The molecule has 0 bridgehead atoms. The van der Waals surface area contributed by atoms with Gasteiger partial charge in [0.2, 0.25) is 0 Å². The first-order valence-corrected chi connectivity index (χ1v) is 6.66. The van der Waals surface area contributed by atoms with E-state index in [2.05, 4.69) is 33.4 Å². The number of halogens is 1. The van der Waals surface area contributed by atoms with Crippen molar-refractivity contribution in [2.75, 3.05) is 12.4 Å². The van der Waals surface area contributed by atoms with Crippen LogP contribution in [-0.4, -0.2) is 12.0 Å². The lowest BCUT2D eigenvalue weighted by molar-refractivity contribution is 1.10. The fraction of sp³-hybridized carbons (Fsp3) is 0.364. The lowest BCUT2D eigenvalue weighted by Gasteiger charge is -2.01. The Morgan fingerprint density at radius 2 is 2.27 bits per heavy atom. The second kappa shape index (κ2) is 3.46. The highest BCUT2D eigenvalue weighted by atomic mass is 79.9. The average molecular weight is 283 g/mol. The van der Waals surface area contributed by atoms with Crippen LogP contribution in [0.1, 0.15) is 23.8 Å². The van der Waals surface area contributed by atoms with Crippen LogP contribution in [-0.2, 0) is 0 Å². The van der Waals surface area contributed by atoms with E-state index >= 15 is 0 Å². The van der Waals surface area contributed by atoms with E-state index < -0.39 is 0 Å². The van der Waals surface area contributed by atoms with Gasteiger partial charge in [0.25, 0.3) is 0 Å². The van der Waals surface area contributed by atoms with E-state index in [4.69, 9.17) is 4.98 Å². The number of nitrogens with zero attached hydrogens (tertiary/aromatic N) is 1. The second-order valence-corrected chi connectivity index (χ2v) is 5.85. The Kier molecular flexibility index (Phi) is 2.21. The van der Waals surface area contributed by atoms with Gasteiger partial charge in [0.1, 0.15) is 5.52 Å². The summed E-state index contributed by atoms with van der Waals surface area (Å²) >= 11 is 5.36. The molecule has 0 spiro atoms. The zero-order valence-electron chi connectivity index (χ0n) is 8.38. The molecule has 1 aromatic carbocycles. The van der Waals surface area contributed by atoms with Crippen molar-refractivity contribution in [3.05, 3.63) is 21.6 Å². The van der Waals surface area contributed by atoms with Crippen LogP contribution in [0.4, 0.5) is 5.69 Å². The minimum Gasteiger partial charge on any atom is -0.386 e. The van der Waals surface area contributed by atoms with E-state index in [0.717, 1.165) is 21.6 Å². The van der Waals surface area contributed by atoms with Crippen molar-refractivity contribution in [2.24, 2.45) is 0 Å². The topological polar surface area (TPSA) is 24.9 Å². The quantitative estimate of drug-likeness (QED) is 0.901. The molecule has 0 aliphatic heterocycles. The average Bonchev–Trinajstić information content (AvgIpc) is 2.98. The van der Waals surface area contributed by atoms with Crippen LogP contribution in [0.15, 0.2) is 16.6 Å². The maximum Gasteiger partial charge on any atom is 0.105 e. The summed E-state index contributed by atoms with van der Waals surface area (Å²) in [4.78, 5) is 4.72. The van der Waals surface area contributed by atoms with Gasteiger partial charge in [0, 0.05) is 17.4 Å². The van der Waals surface area contributed by atoms with E-state index in [-0.39, 0.29) is 0 Å². The molecule has 78 valence electrons. The summed E-state index contributed by atoms with van der Waals surface area (Å²) in [5, 5.41) is 4.50. The van der Waals surface area contributed by atoms with Gasteiger partial charge in [0.15, 0.2) is 0 Å². The van der Waals surface area contributed by atoms with Crippen molar-refractivity contribution < 1.29 is 0 Å². The number of hydrogen-bond donors (Lipinski definition) is 1. The minimum atomic E-state index is 0.742. The van der Waals surface area contributed by atoms with Crippen molar-refractivity contribution in [2.45, 2.75) is 18.8 Å². The normalized spacial score (nSPS) is 15.9. The zero-order valence-corrected chi connectivity index (χ0v) is 10.8. The van der Waals surface area contributed by atoms with Crippen molar-refractivity contribution in [1.29, 1.82) is 0 Å². The Labute approximate surface area is 101 Å². The third kappa shape index (κ3) is 1.66. The Balaban J connectivity index is 2.23. The predicted octanol–water partition coefficient (Wildman–Crippen LogP) is 3.98. The summed E-state index contributed by atoms with van der Waals surface area (Å²) < 4.78 is 2.39. The highest BCUT2D eigenvalue weighted by Gasteiger charge is 2.27. The number of thiazole rings is 1. The summed E-state index contributed by atoms with van der Waals surface area (Å²) in [6.45, 7) is 0. The number of nitrogens with one attached hydrogen (secondary N) is 1. The van der Waals surface area contributed by atoms with Crippen molar-refractivity contribution in [1.82, 2.24) is 4.98 Å². The smallest absolute Gasteiger partial charge is 0.105 e. The molecule has 1 aliphatic carbocycles. The summed E-state index contributed by atoms with van der Waals surface area (Å²) in [5.41, 5.74) is 2.23. The Bertz CT molecular complexity index is 517. The summed E-state index contributed by atoms with van der Waals surface area (Å²) in [6.07, 6.45) is 2.63. The molecular weight excluding hydrogens is 272 g/mol. The standard InChI is InChI=1S/C11H11BrN2S/c1-13-8-4-7(12)5-9-10(8)14-11(15-9)6-2-3-6/h4-6,13H,2-3H2,1H3. The van der Waals surface area contributed by atoms with Crippen LogP contribution in [0.25, 0.3) is 10.2 Å². The van der Waals surface area contributed by atoms with Gasteiger partial charge < -0.3 is 5.32 Å². The van der Waals surface area contributed by atoms with Gasteiger partial charge in [-0.3, -0.25) is 0 Å². The van der Waals surface area contributed by atoms with Gasteiger partial charge >= 0.3 is 0 Å². The second-order valence-electron chi connectivity index (χ2n) is 3.88. The maximum atomic E-state index is 4.72. The Morgan fingerprint density at radius 3 is 2.93 bits per heavy atom. The van der Waals surface area contributed by atoms with Gasteiger partial charge in [0.05, 0.1) is 15.4 Å². The van der Waals surface area contributed by atoms with E-state index in [9.17, 15) is 0 Å². The lowest BCUT2D eigenvalue weighted by Crippen LogP contribution is -1.89. The molecule has 0 atom stereocenters. The zero-order chi connectivity index (χ0) is 10.4. The first-order valence-electron chi connectivity index (χ1n) is 5.05. The molecule has 0 radical (unpaired) electrons. The van der Waals surface area contributed by atoms with Crippen LogP contribution in [0.2, 0.25) is 0 Å². The molecule has 15 heavy (non-hydrogen) atoms. The Morgan fingerprint density at radius 1 is 1.47 bits per heavy atom. The Hall–Kier alpha value is -0.610. The highest BCUT2D eigenvalue weighted by molar-refractivity contribution is 9.10. The van der Waals surface area contributed by atoms with Crippen LogP contribution in [0, 0.1) is 0 Å². The fourth-order valence-electron chi connectivity index (χ4n) is 1.71. The van der Waals surface area contributed by atoms with E-state index in [0.29, 0.717) is 0 Å². The van der Waals surface area contributed by atoms with Crippen molar-refractivity contribution >= 4 is 43.2 Å². The lowest BCUT2D eigenvalue weighted by atomic mass is 10.3. The van der Waals surface area contributed by atoms with E-state index in [1.165, 1.54) is 22.5 Å². The van der Waals surface area contributed by atoms with Crippen LogP contribution in [0.3, 0.4) is 0 Å². The van der Waals surface area contributed by atoms with Crippen LogP contribution >= 0.6 is 27.3 Å². The molecule has 1 heterocycles. The SMILES string of the molecule is CNc1cc(Br)cc2sc(C3CC3)nc12. The van der Waals surface area contributed by atoms with Crippen molar-refractivity contribution in [3.63, 3.8) is 0 Å². The largest absolute Gasteiger partial charge is 0.386 e. The third-order valence-electron chi connectivity index (χ3n) is 2.67. The maximum absolute atomic E-state index is 4.72. The van der Waals surface area contributed by atoms with Gasteiger partial charge in [-0.2, -0.15) is 0 Å². The molecule has 2 nitrogen and oxygen atoms in total. The molecule has 1 aliphatic rings. The fourth-order valence-corrected chi connectivity index (χ4v) is 3.52. The number of anilines is 1. The summed E-state index contributed by atoms with van der Waals surface area (Å²) in [5.74, 6) is 0.742. The third-order valence-corrected chi connectivity index (χ3v) is 4.29. The number of rotatable bonds is 2. The van der Waals surface area contributed by atoms with Crippen LogP contribution in [0.5, 0.6) is 0 Å². The number of hydrogen-bond acceptors (Lipinski definition) is 3. The van der Waals surface area contributed by atoms with Gasteiger partial charge in [-0.1, -0.05) is 15.9 Å². The van der Waals surface area contributed by atoms with E-state index in [1.807, 2.05) is 18.4 Å². The molecule has 1 N–H and O–H groups in total. The predicted molar refractivity (Wildman–Crippen MR) is 68.8 cm³/mol. The first kappa shape index (κ1) is 9.60. The molecule has 3 rings (SSSR count). The number of benzene rings is 1. The number of aromatic nitrogens is 1. The van der Waals surface area contributed by atoms with Gasteiger partial charge in [-0.15, -0.1) is 11.3 Å². The molecule has 0 unspecified atom stereocenters. The van der Waals surface area contributed by atoms with Gasteiger partial charge in [-0.25, -0.2) is 4.98 Å². The molecule has 1 fully saturated rings. The van der Waals surface area contributed by atoms with Gasteiger partial charge in [-0.05, 0) is 25.0 Å². The van der Waals surface area contributed by atoms with Crippen molar-refractivity contribution in [3.8, 4) is 0 Å². The number of fused-ring (bicyclic) bond motifs is 1. The first-order chi connectivity index (χ1) is 7.28. The molecule has 0 amide bonds. The molecular formula is C11H11BrN2S. The minimum absolute atomic E-state index is 0.742. The summed E-state index contributed by atoms with van der Waals surface area (Å²) in [6, 6.07) is 4.23. The highest BCUT2D eigenvalue weighted by Crippen LogP contribution is 2.44. The molecule has 4 heteroatoms. The van der Waals surface area contributed by atoms with E-state index in [1.54, 1.807) is 0 Å². The van der Waals surface area contributed by atoms with Crippen LogP contribution < -0.4 is 5.32 Å². The molecule has 1 saturated carbocycles. The molecule has 1 aromatic heterocycles. The summed E-state index contributed by atoms with van der Waals surface area (Å²) in [7, 11) is 1.94.